The number of hydrogen-bond acceptors (Lipinski definition) is 8. The maximum Gasteiger partial charge on any atom is 0.318 e. The van der Waals surface area contributed by atoms with Crippen LogP contribution in [0, 0.1) is 11.6 Å². The molecule has 0 spiro atoms. The summed E-state index contributed by atoms with van der Waals surface area (Å²) in [6.07, 6.45) is 1.91. The highest BCUT2D eigenvalue weighted by atomic mass is 35.5. The number of nitrogens with two attached hydrogens (primary N) is 2. The van der Waals surface area contributed by atoms with E-state index in [4.69, 9.17) is 27.8 Å². The summed E-state index contributed by atoms with van der Waals surface area (Å²) in [6.45, 7) is 0.364. The zero-order valence-electron chi connectivity index (χ0n) is 12.0. The molecule has 0 aliphatic carbocycles. The van der Waals surface area contributed by atoms with Crippen molar-refractivity contribution in [3.63, 3.8) is 0 Å². The average molecular weight is 373 g/mol. The molecule has 0 saturated heterocycles. The molecule has 4 N–H and O–H groups in total. The Balaban J connectivity index is 0.000000198. The zero-order chi connectivity index (χ0) is 17.5. The SMILES string of the molecule is Nc1nc(Cl)ncc1F.Nc1nc(OCc2cccs2)ncc1F. The van der Waals surface area contributed by atoms with Crippen molar-refractivity contribution in [3.8, 4) is 6.01 Å². The Kier molecular flexibility index (Phi) is 6.15. The number of aromatic nitrogens is 4. The van der Waals surface area contributed by atoms with Gasteiger partial charge >= 0.3 is 6.01 Å². The van der Waals surface area contributed by atoms with Crippen molar-refractivity contribution in [2.24, 2.45) is 0 Å². The van der Waals surface area contributed by atoms with Gasteiger partial charge < -0.3 is 16.2 Å². The fourth-order valence-electron chi connectivity index (χ4n) is 1.32. The standard InChI is InChI=1S/C9H8FN3OS.C4H3ClFN3/c10-7-4-12-9(13-8(7)11)14-5-6-2-1-3-15-6;5-4-8-1-2(6)3(7)9-4/h1-4H,5H2,(H2,11,12,13);1H,(H2,7,8,9). The molecule has 0 unspecified atom stereocenters. The van der Waals surface area contributed by atoms with Crippen molar-refractivity contribution >= 4 is 34.6 Å². The van der Waals surface area contributed by atoms with E-state index in [9.17, 15) is 8.78 Å². The highest BCUT2D eigenvalue weighted by Crippen LogP contribution is 2.13. The summed E-state index contributed by atoms with van der Waals surface area (Å²) in [6, 6.07) is 3.93. The third-order valence-electron chi connectivity index (χ3n) is 2.41. The molecule has 11 heteroatoms. The number of hydrogen-bond donors (Lipinski definition) is 2. The molecule has 3 aromatic rings. The number of ether oxygens (including phenoxy) is 1. The molecule has 3 rings (SSSR count). The van der Waals surface area contributed by atoms with Crippen LogP contribution in [0.25, 0.3) is 0 Å². The smallest absolute Gasteiger partial charge is 0.318 e. The van der Waals surface area contributed by atoms with Crippen LogP contribution in [0.1, 0.15) is 4.88 Å². The van der Waals surface area contributed by atoms with Crippen molar-refractivity contribution in [1.29, 1.82) is 0 Å². The van der Waals surface area contributed by atoms with E-state index in [1.165, 1.54) is 0 Å². The molecule has 0 atom stereocenters. The summed E-state index contributed by atoms with van der Waals surface area (Å²) < 4.78 is 30.1. The van der Waals surface area contributed by atoms with Crippen LogP contribution in [0.15, 0.2) is 29.9 Å². The molecule has 0 saturated carbocycles. The summed E-state index contributed by atoms with van der Waals surface area (Å²) in [7, 11) is 0. The van der Waals surface area contributed by atoms with E-state index in [1.807, 2.05) is 17.5 Å². The van der Waals surface area contributed by atoms with Crippen LogP contribution >= 0.6 is 22.9 Å². The van der Waals surface area contributed by atoms with Crippen molar-refractivity contribution in [2.45, 2.75) is 6.61 Å². The van der Waals surface area contributed by atoms with Gasteiger partial charge in [0.1, 0.15) is 6.61 Å². The highest BCUT2D eigenvalue weighted by molar-refractivity contribution is 7.09. The van der Waals surface area contributed by atoms with Gasteiger partial charge in [-0.1, -0.05) is 6.07 Å². The number of rotatable bonds is 3. The summed E-state index contributed by atoms with van der Waals surface area (Å²) >= 11 is 6.81. The minimum Gasteiger partial charge on any atom is -0.458 e. The molecule has 0 bridgehead atoms. The highest BCUT2D eigenvalue weighted by Gasteiger charge is 2.04. The molecular weight excluding hydrogens is 362 g/mol. The van der Waals surface area contributed by atoms with Crippen LogP contribution in [0.5, 0.6) is 6.01 Å². The fourth-order valence-corrected chi connectivity index (χ4v) is 2.08. The molecule has 0 aliphatic rings. The van der Waals surface area contributed by atoms with E-state index in [-0.39, 0.29) is 22.9 Å². The van der Waals surface area contributed by atoms with E-state index >= 15 is 0 Å². The Bertz CT molecular complexity index is 805. The largest absolute Gasteiger partial charge is 0.458 e. The molecule has 0 aromatic carbocycles. The maximum atomic E-state index is 12.7. The van der Waals surface area contributed by atoms with Crippen LogP contribution in [-0.4, -0.2) is 19.9 Å². The fraction of sp³-hybridized carbons (Fsp3) is 0.0769. The van der Waals surface area contributed by atoms with Gasteiger partial charge in [0.25, 0.3) is 0 Å². The van der Waals surface area contributed by atoms with E-state index in [0.717, 1.165) is 17.3 Å². The number of nitrogens with zero attached hydrogens (tertiary/aromatic N) is 4. The third-order valence-corrected chi connectivity index (χ3v) is 3.45. The molecule has 7 nitrogen and oxygen atoms in total. The van der Waals surface area contributed by atoms with Crippen LogP contribution in [0.2, 0.25) is 5.28 Å². The van der Waals surface area contributed by atoms with Crippen molar-refractivity contribution < 1.29 is 13.5 Å². The average Bonchev–Trinajstić information content (AvgIpc) is 3.06. The molecule has 0 amide bonds. The summed E-state index contributed by atoms with van der Waals surface area (Å²) in [5, 5.41) is 1.90. The lowest BCUT2D eigenvalue weighted by Crippen LogP contribution is -2.02. The second-order valence-corrected chi connectivity index (χ2v) is 5.50. The first-order valence-corrected chi connectivity index (χ1v) is 7.58. The van der Waals surface area contributed by atoms with Crippen molar-refractivity contribution in [3.05, 3.63) is 51.7 Å². The van der Waals surface area contributed by atoms with Gasteiger partial charge in [-0.05, 0) is 23.0 Å². The van der Waals surface area contributed by atoms with E-state index in [1.54, 1.807) is 11.3 Å². The second-order valence-electron chi connectivity index (χ2n) is 4.13. The van der Waals surface area contributed by atoms with E-state index < -0.39 is 11.6 Å². The lowest BCUT2D eigenvalue weighted by molar-refractivity contribution is 0.283. The monoisotopic (exact) mass is 372 g/mol. The summed E-state index contributed by atoms with van der Waals surface area (Å²) in [4.78, 5) is 15.0. The van der Waals surface area contributed by atoms with Gasteiger partial charge in [-0.15, -0.1) is 11.3 Å². The lowest BCUT2D eigenvalue weighted by atomic mass is 10.5. The number of nitrogen functional groups attached to an aromatic ring is 2. The Morgan fingerprint density at radius 1 is 1.08 bits per heavy atom. The lowest BCUT2D eigenvalue weighted by Gasteiger charge is -2.02. The normalized spacial score (nSPS) is 9.96. The van der Waals surface area contributed by atoms with Gasteiger partial charge in [0, 0.05) is 4.88 Å². The predicted molar refractivity (Wildman–Crippen MR) is 86.5 cm³/mol. The van der Waals surface area contributed by atoms with Gasteiger partial charge in [0.15, 0.2) is 23.3 Å². The van der Waals surface area contributed by atoms with Gasteiger partial charge in [-0.25, -0.2) is 18.7 Å². The molecule has 0 fully saturated rings. The van der Waals surface area contributed by atoms with Crippen LogP contribution in [-0.2, 0) is 6.61 Å². The first kappa shape index (κ1) is 17.8. The maximum absolute atomic E-state index is 12.7. The zero-order valence-corrected chi connectivity index (χ0v) is 13.6. The number of thiophene rings is 1. The minimum atomic E-state index is -0.653. The topological polar surface area (TPSA) is 113 Å². The first-order chi connectivity index (χ1) is 11.5. The predicted octanol–water partition coefficient (Wildman–Crippen LogP) is 2.69. The molecule has 3 heterocycles. The number of halogens is 3. The van der Waals surface area contributed by atoms with Gasteiger partial charge in [-0.3, -0.25) is 0 Å². The Hall–Kier alpha value is -2.59. The second kappa shape index (κ2) is 8.31. The first-order valence-electron chi connectivity index (χ1n) is 6.32. The van der Waals surface area contributed by atoms with Crippen LogP contribution in [0.4, 0.5) is 20.4 Å². The van der Waals surface area contributed by atoms with Crippen molar-refractivity contribution in [2.75, 3.05) is 11.5 Å². The van der Waals surface area contributed by atoms with Gasteiger partial charge in [0.2, 0.25) is 5.28 Å². The molecular formula is C13H11ClF2N6OS. The van der Waals surface area contributed by atoms with E-state index in [2.05, 4.69) is 19.9 Å². The number of anilines is 2. The van der Waals surface area contributed by atoms with Gasteiger partial charge in [-0.2, -0.15) is 9.97 Å². The molecule has 0 radical (unpaired) electrons. The van der Waals surface area contributed by atoms with Crippen molar-refractivity contribution in [1.82, 2.24) is 19.9 Å². The quantitative estimate of drug-likeness (QED) is 0.679. The molecule has 0 aliphatic heterocycles. The van der Waals surface area contributed by atoms with Crippen LogP contribution < -0.4 is 16.2 Å². The van der Waals surface area contributed by atoms with Crippen LogP contribution in [0.3, 0.4) is 0 Å². The minimum absolute atomic E-state index is 0.0473. The Morgan fingerprint density at radius 3 is 2.29 bits per heavy atom. The molecule has 24 heavy (non-hydrogen) atoms. The summed E-state index contributed by atoms with van der Waals surface area (Å²) in [5.41, 5.74) is 10.3. The third kappa shape index (κ3) is 5.25. The Labute approximate surface area is 144 Å². The van der Waals surface area contributed by atoms with Gasteiger partial charge in [0.05, 0.1) is 12.4 Å². The molecule has 126 valence electrons. The van der Waals surface area contributed by atoms with E-state index in [0.29, 0.717) is 6.61 Å². The Morgan fingerprint density at radius 2 is 1.75 bits per heavy atom. The summed E-state index contributed by atoms with van der Waals surface area (Å²) in [5.74, 6) is -1.72. The molecule has 3 aromatic heterocycles.